The molecule has 0 aliphatic heterocycles. The smallest absolute Gasteiger partial charge is 0.315 e. The summed E-state index contributed by atoms with van der Waals surface area (Å²) in [6.07, 6.45) is 0.748. The Bertz CT molecular complexity index is 626. The van der Waals surface area contributed by atoms with Crippen LogP contribution in [0.25, 0.3) is 0 Å². The largest absolute Gasteiger partial charge is 0.497 e. The molecule has 0 unspecified atom stereocenters. The second kappa shape index (κ2) is 8.80. The van der Waals surface area contributed by atoms with Crippen LogP contribution in [-0.2, 0) is 19.6 Å². The summed E-state index contributed by atoms with van der Waals surface area (Å²) >= 11 is 0. The second-order valence-corrected chi connectivity index (χ2v) is 5.19. The Morgan fingerprint density at radius 2 is 1.78 bits per heavy atom. The number of nitrogens with one attached hydrogen (secondary N) is 2. The van der Waals surface area contributed by atoms with E-state index in [1.807, 2.05) is 48.5 Å². The zero-order valence-corrected chi connectivity index (χ0v) is 13.2. The van der Waals surface area contributed by atoms with Crippen LogP contribution in [0.2, 0.25) is 0 Å². The lowest BCUT2D eigenvalue weighted by Crippen LogP contribution is -2.36. The first-order valence-electron chi connectivity index (χ1n) is 7.54. The van der Waals surface area contributed by atoms with E-state index >= 15 is 0 Å². The zero-order chi connectivity index (χ0) is 16.5. The van der Waals surface area contributed by atoms with Crippen LogP contribution >= 0.6 is 0 Å². The molecule has 5 nitrogen and oxygen atoms in total. The minimum atomic E-state index is -0.195. The van der Waals surface area contributed by atoms with Gasteiger partial charge < -0.3 is 20.5 Å². The standard InChI is InChI=1S/C18H22N2O3/c1-23-17-4-2-3-16(11-17)12-20-18(22)19-10-9-14-5-7-15(13-21)8-6-14/h2-8,11,21H,9-10,12-13H2,1H3,(H2,19,20,22). The minimum Gasteiger partial charge on any atom is -0.497 e. The summed E-state index contributed by atoms with van der Waals surface area (Å²) < 4.78 is 5.15. The molecule has 0 heterocycles. The van der Waals surface area contributed by atoms with Gasteiger partial charge in [-0.1, -0.05) is 36.4 Å². The van der Waals surface area contributed by atoms with Gasteiger partial charge in [-0.2, -0.15) is 0 Å². The van der Waals surface area contributed by atoms with Crippen molar-refractivity contribution in [2.45, 2.75) is 19.6 Å². The molecule has 2 amide bonds. The molecule has 3 N–H and O–H groups in total. The van der Waals surface area contributed by atoms with E-state index in [2.05, 4.69) is 10.6 Å². The first kappa shape index (κ1) is 16.8. The molecule has 0 aliphatic carbocycles. The molecule has 0 saturated heterocycles. The predicted octanol–water partition coefficient (Wildman–Crippen LogP) is 2.23. The molecular formula is C18H22N2O3. The maximum atomic E-state index is 11.8. The Labute approximate surface area is 136 Å². The number of carbonyl (C=O) groups is 1. The fraction of sp³-hybridized carbons (Fsp3) is 0.278. The third-order valence-electron chi connectivity index (χ3n) is 3.49. The first-order valence-corrected chi connectivity index (χ1v) is 7.54. The molecule has 0 atom stereocenters. The molecule has 23 heavy (non-hydrogen) atoms. The van der Waals surface area contributed by atoms with Crippen molar-refractivity contribution in [1.29, 1.82) is 0 Å². The number of rotatable bonds is 7. The van der Waals surface area contributed by atoms with Gasteiger partial charge in [0.25, 0.3) is 0 Å². The number of hydrogen-bond acceptors (Lipinski definition) is 3. The monoisotopic (exact) mass is 314 g/mol. The highest BCUT2D eigenvalue weighted by Crippen LogP contribution is 2.12. The van der Waals surface area contributed by atoms with Crippen LogP contribution in [0.1, 0.15) is 16.7 Å². The molecule has 2 aromatic carbocycles. The van der Waals surface area contributed by atoms with Crippen molar-refractivity contribution < 1.29 is 14.6 Å². The van der Waals surface area contributed by atoms with E-state index in [9.17, 15) is 4.79 Å². The van der Waals surface area contributed by atoms with E-state index in [1.54, 1.807) is 7.11 Å². The van der Waals surface area contributed by atoms with Gasteiger partial charge in [0, 0.05) is 13.1 Å². The predicted molar refractivity (Wildman–Crippen MR) is 89.3 cm³/mol. The Hall–Kier alpha value is -2.53. The van der Waals surface area contributed by atoms with Crippen molar-refractivity contribution in [1.82, 2.24) is 10.6 Å². The van der Waals surface area contributed by atoms with Crippen LogP contribution in [-0.4, -0.2) is 24.8 Å². The fourth-order valence-corrected chi connectivity index (χ4v) is 2.16. The number of methoxy groups -OCH3 is 1. The summed E-state index contributed by atoms with van der Waals surface area (Å²) in [5.41, 5.74) is 2.99. The van der Waals surface area contributed by atoms with Gasteiger partial charge in [-0.3, -0.25) is 0 Å². The van der Waals surface area contributed by atoms with Gasteiger partial charge in [0.2, 0.25) is 0 Å². The van der Waals surface area contributed by atoms with Crippen molar-refractivity contribution >= 4 is 6.03 Å². The number of aliphatic hydroxyl groups excluding tert-OH is 1. The average molecular weight is 314 g/mol. The summed E-state index contributed by atoms with van der Waals surface area (Å²) in [4.78, 5) is 11.8. The van der Waals surface area contributed by atoms with Gasteiger partial charge in [-0.05, 0) is 35.2 Å². The van der Waals surface area contributed by atoms with Crippen molar-refractivity contribution in [3.8, 4) is 5.75 Å². The molecule has 0 saturated carbocycles. The van der Waals surface area contributed by atoms with E-state index in [0.717, 1.165) is 28.9 Å². The minimum absolute atomic E-state index is 0.0468. The topological polar surface area (TPSA) is 70.6 Å². The third kappa shape index (κ3) is 5.64. The summed E-state index contributed by atoms with van der Waals surface area (Å²) in [5, 5.41) is 14.6. The molecule has 0 aliphatic rings. The average Bonchev–Trinajstić information content (AvgIpc) is 2.61. The van der Waals surface area contributed by atoms with E-state index in [-0.39, 0.29) is 12.6 Å². The van der Waals surface area contributed by atoms with Crippen LogP contribution < -0.4 is 15.4 Å². The normalized spacial score (nSPS) is 10.2. The number of hydrogen-bond donors (Lipinski definition) is 3. The Kier molecular flexibility index (Phi) is 6.44. The summed E-state index contributed by atoms with van der Waals surface area (Å²) in [6.45, 7) is 1.06. The van der Waals surface area contributed by atoms with Crippen molar-refractivity contribution in [2.75, 3.05) is 13.7 Å². The van der Waals surface area contributed by atoms with Crippen LogP contribution in [0.3, 0.4) is 0 Å². The van der Waals surface area contributed by atoms with Gasteiger partial charge >= 0.3 is 6.03 Å². The van der Waals surface area contributed by atoms with Crippen molar-refractivity contribution in [3.05, 3.63) is 65.2 Å². The summed E-state index contributed by atoms with van der Waals surface area (Å²) in [7, 11) is 1.62. The quantitative estimate of drug-likeness (QED) is 0.734. The molecule has 0 fully saturated rings. The number of carbonyl (C=O) groups excluding carboxylic acids is 1. The zero-order valence-electron chi connectivity index (χ0n) is 13.2. The second-order valence-electron chi connectivity index (χ2n) is 5.19. The van der Waals surface area contributed by atoms with Crippen LogP contribution in [0.15, 0.2) is 48.5 Å². The van der Waals surface area contributed by atoms with Gasteiger partial charge in [-0.15, -0.1) is 0 Å². The molecule has 2 aromatic rings. The van der Waals surface area contributed by atoms with Crippen molar-refractivity contribution in [3.63, 3.8) is 0 Å². The van der Waals surface area contributed by atoms with Gasteiger partial charge in [0.15, 0.2) is 0 Å². The maximum Gasteiger partial charge on any atom is 0.315 e. The number of benzene rings is 2. The molecule has 0 aromatic heterocycles. The highest BCUT2D eigenvalue weighted by atomic mass is 16.5. The Balaban J connectivity index is 1.70. The maximum absolute atomic E-state index is 11.8. The van der Waals surface area contributed by atoms with Gasteiger partial charge in [0.05, 0.1) is 13.7 Å². The molecule has 0 radical (unpaired) electrons. The van der Waals surface area contributed by atoms with Crippen LogP contribution in [0.4, 0.5) is 4.79 Å². The highest BCUT2D eigenvalue weighted by Gasteiger charge is 2.01. The van der Waals surface area contributed by atoms with E-state index in [0.29, 0.717) is 13.1 Å². The lowest BCUT2D eigenvalue weighted by atomic mass is 10.1. The number of amides is 2. The first-order chi connectivity index (χ1) is 11.2. The Morgan fingerprint density at radius 3 is 2.48 bits per heavy atom. The molecular weight excluding hydrogens is 292 g/mol. The lowest BCUT2D eigenvalue weighted by Gasteiger charge is -2.09. The van der Waals surface area contributed by atoms with Gasteiger partial charge in [-0.25, -0.2) is 4.79 Å². The molecule has 0 bridgehead atoms. The number of aliphatic hydroxyl groups is 1. The highest BCUT2D eigenvalue weighted by molar-refractivity contribution is 5.73. The third-order valence-corrected chi connectivity index (χ3v) is 3.49. The van der Waals surface area contributed by atoms with E-state index in [1.165, 1.54) is 0 Å². The van der Waals surface area contributed by atoms with Crippen LogP contribution in [0.5, 0.6) is 5.75 Å². The van der Waals surface area contributed by atoms with Crippen LogP contribution in [0, 0.1) is 0 Å². The van der Waals surface area contributed by atoms with Gasteiger partial charge in [0.1, 0.15) is 5.75 Å². The lowest BCUT2D eigenvalue weighted by molar-refractivity contribution is 0.240. The Morgan fingerprint density at radius 1 is 1.04 bits per heavy atom. The summed E-state index contributed by atoms with van der Waals surface area (Å²) in [5.74, 6) is 0.774. The van der Waals surface area contributed by atoms with E-state index < -0.39 is 0 Å². The molecule has 0 spiro atoms. The SMILES string of the molecule is COc1cccc(CNC(=O)NCCc2ccc(CO)cc2)c1. The van der Waals surface area contributed by atoms with E-state index in [4.69, 9.17) is 9.84 Å². The van der Waals surface area contributed by atoms with Crippen molar-refractivity contribution in [2.24, 2.45) is 0 Å². The molecule has 2 rings (SSSR count). The fourth-order valence-electron chi connectivity index (χ4n) is 2.16. The number of ether oxygens (including phenoxy) is 1. The molecule has 5 heteroatoms. The summed E-state index contributed by atoms with van der Waals surface area (Å²) in [6, 6.07) is 15.1. The molecule has 122 valence electrons. The number of urea groups is 1.